The topological polar surface area (TPSA) is 88.0 Å². The van der Waals surface area contributed by atoms with Crippen LogP contribution in [0.3, 0.4) is 0 Å². The highest BCUT2D eigenvalue weighted by molar-refractivity contribution is 6.04. The van der Waals surface area contributed by atoms with Crippen LogP contribution in [0.4, 0.5) is 11.4 Å². The Balaban J connectivity index is 1.29. The van der Waals surface area contributed by atoms with Gasteiger partial charge >= 0.3 is 5.69 Å². The summed E-state index contributed by atoms with van der Waals surface area (Å²) < 4.78 is 4.99. The molecule has 3 aromatic rings. The number of methoxy groups -OCH3 is 1. The number of rotatable bonds is 8. The van der Waals surface area contributed by atoms with E-state index in [9.17, 15) is 14.9 Å². The maximum absolute atomic E-state index is 12.6. The van der Waals surface area contributed by atoms with Crippen LogP contribution in [-0.2, 0) is 13.1 Å². The van der Waals surface area contributed by atoms with Gasteiger partial charge < -0.3 is 10.1 Å². The van der Waals surface area contributed by atoms with Gasteiger partial charge in [-0.25, -0.2) is 0 Å². The second-order valence-corrected chi connectivity index (χ2v) is 8.33. The number of hydrogen-bond acceptors (Lipinski definition) is 6. The molecule has 0 radical (unpaired) electrons. The maximum Gasteiger partial charge on any atom is 0.311 e. The Bertz CT molecular complexity index is 1130. The first-order chi connectivity index (χ1) is 16.5. The third-order valence-corrected chi connectivity index (χ3v) is 5.97. The van der Waals surface area contributed by atoms with E-state index in [2.05, 4.69) is 39.4 Å². The summed E-state index contributed by atoms with van der Waals surface area (Å²) in [6, 6.07) is 22.4. The van der Waals surface area contributed by atoms with E-state index in [4.69, 9.17) is 4.74 Å². The fourth-order valence-electron chi connectivity index (χ4n) is 4.08. The molecule has 0 saturated carbocycles. The molecule has 0 aromatic heterocycles. The molecule has 0 bridgehead atoms. The molecule has 1 amide bonds. The van der Waals surface area contributed by atoms with Crippen LogP contribution >= 0.6 is 0 Å². The van der Waals surface area contributed by atoms with Crippen LogP contribution in [-0.4, -0.2) is 53.9 Å². The number of benzene rings is 3. The number of ether oxygens (including phenoxy) is 1. The molecule has 0 aliphatic carbocycles. The number of anilines is 1. The molecule has 1 aliphatic rings. The average molecular weight is 461 g/mol. The van der Waals surface area contributed by atoms with Crippen molar-refractivity contribution in [1.82, 2.24) is 9.80 Å². The number of piperazine rings is 1. The third kappa shape index (κ3) is 5.98. The summed E-state index contributed by atoms with van der Waals surface area (Å²) in [7, 11) is 1.36. The van der Waals surface area contributed by atoms with E-state index in [1.54, 1.807) is 0 Å². The van der Waals surface area contributed by atoms with Crippen molar-refractivity contribution < 1.29 is 14.5 Å². The Kier molecular flexibility index (Phi) is 7.51. The molecular weight excluding hydrogens is 432 g/mol. The van der Waals surface area contributed by atoms with Crippen molar-refractivity contribution in [3.8, 4) is 5.75 Å². The van der Waals surface area contributed by atoms with Crippen LogP contribution in [0.25, 0.3) is 0 Å². The van der Waals surface area contributed by atoms with E-state index >= 15 is 0 Å². The lowest BCUT2D eigenvalue weighted by Gasteiger charge is -2.34. The van der Waals surface area contributed by atoms with Crippen LogP contribution in [0.1, 0.15) is 21.5 Å². The predicted molar refractivity (Wildman–Crippen MR) is 131 cm³/mol. The highest BCUT2D eigenvalue weighted by Crippen LogP contribution is 2.28. The molecule has 8 heteroatoms. The number of hydrogen-bond donors (Lipinski definition) is 1. The molecule has 1 N–H and O–H groups in total. The predicted octanol–water partition coefficient (Wildman–Crippen LogP) is 4.17. The minimum Gasteiger partial charge on any atom is -0.490 e. The molecule has 34 heavy (non-hydrogen) atoms. The van der Waals surface area contributed by atoms with Gasteiger partial charge in [0.2, 0.25) is 0 Å². The number of amides is 1. The van der Waals surface area contributed by atoms with Crippen LogP contribution in [0.15, 0.2) is 72.8 Å². The fourth-order valence-corrected chi connectivity index (χ4v) is 4.08. The molecular formula is C26H28N4O4. The first-order valence-corrected chi connectivity index (χ1v) is 11.2. The molecule has 0 unspecified atom stereocenters. The van der Waals surface area contributed by atoms with Crippen molar-refractivity contribution in [2.24, 2.45) is 0 Å². The summed E-state index contributed by atoms with van der Waals surface area (Å²) in [4.78, 5) is 28.1. The Morgan fingerprint density at radius 3 is 2.06 bits per heavy atom. The van der Waals surface area contributed by atoms with Crippen molar-refractivity contribution in [3.05, 3.63) is 99.6 Å². The zero-order chi connectivity index (χ0) is 23.9. The highest BCUT2D eigenvalue weighted by Gasteiger charge is 2.19. The molecule has 1 heterocycles. The van der Waals surface area contributed by atoms with Crippen LogP contribution in [0, 0.1) is 10.1 Å². The Morgan fingerprint density at radius 1 is 0.912 bits per heavy atom. The molecule has 176 valence electrons. The summed E-state index contributed by atoms with van der Waals surface area (Å²) in [5.74, 6) is -0.292. The van der Waals surface area contributed by atoms with Crippen molar-refractivity contribution >= 4 is 17.3 Å². The Labute approximate surface area is 198 Å². The second-order valence-electron chi connectivity index (χ2n) is 8.33. The van der Waals surface area contributed by atoms with Gasteiger partial charge in [0, 0.05) is 56.6 Å². The van der Waals surface area contributed by atoms with Gasteiger partial charge in [-0.3, -0.25) is 24.7 Å². The minimum absolute atomic E-state index is 0.117. The summed E-state index contributed by atoms with van der Waals surface area (Å²) in [5.41, 5.74) is 3.12. The van der Waals surface area contributed by atoms with E-state index in [1.807, 2.05) is 30.3 Å². The first kappa shape index (κ1) is 23.4. The van der Waals surface area contributed by atoms with Gasteiger partial charge in [0.25, 0.3) is 5.91 Å². The summed E-state index contributed by atoms with van der Waals surface area (Å²) in [6.45, 7) is 5.95. The number of nitrogens with zero attached hydrogens (tertiary/aromatic N) is 3. The zero-order valence-electron chi connectivity index (χ0n) is 19.1. The number of carbonyl (C=O) groups is 1. The van der Waals surface area contributed by atoms with E-state index < -0.39 is 10.8 Å². The summed E-state index contributed by atoms with van der Waals surface area (Å²) >= 11 is 0. The van der Waals surface area contributed by atoms with Gasteiger partial charge in [-0.05, 0) is 35.4 Å². The monoisotopic (exact) mass is 460 g/mol. The molecule has 3 aromatic carbocycles. The molecule has 1 saturated heterocycles. The maximum atomic E-state index is 12.6. The third-order valence-electron chi connectivity index (χ3n) is 5.97. The van der Waals surface area contributed by atoms with Gasteiger partial charge in [0.15, 0.2) is 5.75 Å². The van der Waals surface area contributed by atoms with Gasteiger partial charge in [-0.1, -0.05) is 42.5 Å². The lowest BCUT2D eigenvalue weighted by molar-refractivity contribution is -0.385. The molecule has 0 spiro atoms. The van der Waals surface area contributed by atoms with E-state index in [1.165, 1.54) is 36.4 Å². The zero-order valence-corrected chi connectivity index (χ0v) is 19.1. The van der Waals surface area contributed by atoms with Gasteiger partial charge in [-0.15, -0.1) is 0 Å². The van der Waals surface area contributed by atoms with Crippen molar-refractivity contribution in [1.29, 1.82) is 0 Å². The normalized spacial score (nSPS) is 14.5. The van der Waals surface area contributed by atoms with Crippen LogP contribution in [0.2, 0.25) is 0 Å². The van der Waals surface area contributed by atoms with E-state index in [0.717, 1.165) is 39.3 Å². The molecule has 1 fully saturated rings. The molecule has 1 aliphatic heterocycles. The largest absolute Gasteiger partial charge is 0.490 e. The Hall–Kier alpha value is -3.75. The lowest BCUT2D eigenvalue weighted by Crippen LogP contribution is -2.45. The smallest absolute Gasteiger partial charge is 0.311 e. The van der Waals surface area contributed by atoms with Gasteiger partial charge in [0.05, 0.1) is 12.0 Å². The molecule has 4 rings (SSSR count). The lowest BCUT2D eigenvalue weighted by atomic mass is 10.1. The number of nitro groups is 1. The SMILES string of the molecule is COc1ccc(C(=O)Nc2ccc(CN3CCN(Cc4ccccc4)CC3)cc2)cc1[N+](=O)[O-]. The summed E-state index contributed by atoms with van der Waals surface area (Å²) in [6.07, 6.45) is 0. The van der Waals surface area contributed by atoms with E-state index in [0.29, 0.717) is 5.69 Å². The quantitative estimate of drug-likeness (QED) is 0.401. The van der Waals surface area contributed by atoms with E-state index in [-0.39, 0.29) is 17.0 Å². The number of nitrogens with one attached hydrogen (secondary N) is 1. The number of nitro benzene ring substituents is 1. The van der Waals surface area contributed by atoms with Gasteiger partial charge in [0.1, 0.15) is 0 Å². The van der Waals surface area contributed by atoms with Gasteiger partial charge in [-0.2, -0.15) is 0 Å². The molecule has 8 nitrogen and oxygen atoms in total. The minimum atomic E-state index is -0.564. The average Bonchev–Trinajstić information content (AvgIpc) is 2.86. The first-order valence-electron chi connectivity index (χ1n) is 11.2. The van der Waals surface area contributed by atoms with Crippen LogP contribution < -0.4 is 10.1 Å². The number of carbonyl (C=O) groups excluding carboxylic acids is 1. The fraction of sp³-hybridized carbons (Fsp3) is 0.269. The standard InChI is InChI=1S/C26H28N4O4/c1-34-25-12-9-22(17-24(25)30(32)33)26(31)27-23-10-7-21(8-11-23)19-29-15-13-28(14-16-29)18-20-5-3-2-4-6-20/h2-12,17H,13-16,18-19H2,1H3,(H,27,31). The molecule has 0 atom stereocenters. The van der Waals surface area contributed by atoms with Crippen molar-refractivity contribution in [2.45, 2.75) is 13.1 Å². The highest BCUT2D eigenvalue weighted by atomic mass is 16.6. The second kappa shape index (κ2) is 10.9. The Morgan fingerprint density at radius 2 is 1.50 bits per heavy atom. The summed E-state index contributed by atoms with van der Waals surface area (Å²) in [5, 5.41) is 14.0. The van der Waals surface area contributed by atoms with Crippen molar-refractivity contribution in [2.75, 3.05) is 38.6 Å². The van der Waals surface area contributed by atoms with Crippen molar-refractivity contribution in [3.63, 3.8) is 0 Å². The van der Waals surface area contributed by atoms with Crippen LogP contribution in [0.5, 0.6) is 5.75 Å².